The fourth-order valence-electron chi connectivity index (χ4n) is 1.87. The van der Waals surface area contributed by atoms with Gasteiger partial charge in [0, 0.05) is 11.1 Å². The molecule has 0 aliphatic carbocycles. The predicted molar refractivity (Wildman–Crippen MR) is 85.9 cm³/mol. The van der Waals surface area contributed by atoms with Crippen molar-refractivity contribution in [2.24, 2.45) is 5.16 Å². The van der Waals surface area contributed by atoms with Crippen LogP contribution in [0.3, 0.4) is 0 Å². The molecule has 0 heterocycles. The molecular weight excluding hydrogens is 278 g/mol. The van der Waals surface area contributed by atoms with E-state index in [-0.39, 0.29) is 0 Å². The van der Waals surface area contributed by atoms with Gasteiger partial charge in [-0.25, -0.2) is 4.79 Å². The number of benzene rings is 2. The summed E-state index contributed by atoms with van der Waals surface area (Å²) < 4.78 is 4.94. The molecule has 2 rings (SSSR count). The number of hydrogen-bond acceptors (Lipinski definition) is 4. The topological polar surface area (TPSA) is 47.9 Å². The Bertz CT molecular complexity index is 567. The monoisotopic (exact) mass is 297 g/mol. The SMILES string of the molecule is CCCCOC(=O)ON=C(c1ccccc1)c1ccccc1. The maximum atomic E-state index is 11.5. The van der Waals surface area contributed by atoms with Gasteiger partial charge in [-0.3, -0.25) is 4.84 Å². The first-order valence-electron chi connectivity index (χ1n) is 7.34. The third-order valence-electron chi connectivity index (χ3n) is 3.02. The number of carbonyl (C=O) groups excluding carboxylic acids is 1. The molecule has 0 radical (unpaired) electrons. The molecule has 0 N–H and O–H groups in total. The zero-order valence-corrected chi connectivity index (χ0v) is 12.6. The second kappa shape index (κ2) is 8.62. The lowest BCUT2D eigenvalue weighted by Crippen LogP contribution is -2.09. The minimum absolute atomic E-state index is 0.344. The highest BCUT2D eigenvalue weighted by atomic mass is 16.8. The van der Waals surface area contributed by atoms with Crippen molar-refractivity contribution in [2.75, 3.05) is 6.61 Å². The van der Waals surface area contributed by atoms with Crippen molar-refractivity contribution in [2.45, 2.75) is 19.8 Å². The fraction of sp³-hybridized carbons (Fsp3) is 0.222. The summed E-state index contributed by atoms with van der Waals surface area (Å²) >= 11 is 0. The molecule has 2 aromatic carbocycles. The molecule has 0 unspecified atom stereocenters. The maximum Gasteiger partial charge on any atom is 0.535 e. The minimum atomic E-state index is -0.780. The van der Waals surface area contributed by atoms with Gasteiger partial charge < -0.3 is 4.74 Å². The van der Waals surface area contributed by atoms with Crippen LogP contribution in [-0.2, 0) is 9.57 Å². The molecule has 0 atom stereocenters. The van der Waals surface area contributed by atoms with Gasteiger partial charge in [-0.05, 0) is 6.42 Å². The van der Waals surface area contributed by atoms with Gasteiger partial charge in [-0.2, -0.15) is 0 Å². The van der Waals surface area contributed by atoms with Crippen LogP contribution in [0.2, 0.25) is 0 Å². The summed E-state index contributed by atoms with van der Waals surface area (Å²) in [6, 6.07) is 19.1. The molecule has 0 saturated heterocycles. The second-order valence-electron chi connectivity index (χ2n) is 4.72. The number of ether oxygens (including phenoxy) is 1. The molecule has 0 aliphatic heterocycles. The highest BCUT2D eigenvalue weighted by Gasteiger charge is 2.09. The first-order valence-corrected chi connectivity index (χ1v) is 7.34. The molecule has 2 aromatic rings. The number of unbranched alkanes of at least 4 members (excludes halogenated alkanes) is 1. The average Bonchev–Trinajstić information content (AvgIpc) is 2.57. The summed E-state index contributed by atoms with van der Waals surface area (Å²) in [6.07, 6.45) is 0.983. The van der Waals surface area contributed by atoms with Gasteiger partial charge in [0.15, 0.2) is 0 Å². The molecule has 114 valence electrons. The van der Waals surface area contributed by atoms with E-state index in [9.17, 15) is 4.79 Å². The highest BCUT2D eigenvalue weighted by molar-refractivity contribution is 6.12. The normalized spacial score (nSPS) is 9.86. The van der Waals surface area contributed by atoms with Crippen LogP contribution in [0.1, 0.15) is 30.9 Å². The molecule has 4 heteroatoms. The summed E-state index contributed by atoms with van der Waals surface area (Å²) in [7, 11) is 0. The van der Waals surface area contributed by atoms with Crippen molar-refractivity contribution in [3.8, 4) is 0 Å². The van der Waals surface area contributed by atoms with Gasteiger partial charge in [0.1, 0.15) is 5.71 Å². The lowest BCUT2D eigenvalue weighted by molar-refractivity contribution is 0.0566. The van der Waals surface area contributed by atoms with Crippen LogP contribution in [0.25, 0.3) is 0 Å². The first-order chi connectivity index (χ1) is 10.8. The van der Waals surface area contributed by atoms with E-state index in [1.807, 2.05) is 67.6 Å². The van der Waals surface area contributed by atoms with Gasteiger partial charge in [-0.15, -0.1) is 0 Å². The molecule has 4 nitrogen and oxygen atoms in total. The number of rotatable bonds is 6. The smallest absolute Gasteiger partial charge is 0.433 e. The molecule has 0 amide bonds. The Balaban J connectivity index is 2.15. The van der Waals surface area contributed by atoms with Gasteiger partial charge in [-0.1, -0.05) is 79.2 Å². The summed E-state index contributed by atoms with van der Waals surface area (Å²) in [5.74, 6) is 0. The van der Waals surface area contributed by atoms with Crippen LogP contribution in [-0.4, -0.2) is 18.5 Å². The highest BCUT2D eigenvalue weighted by Crippen LogP contribution is 2.11. The van der Waals surface area contributed by atoms with Crippen LogP contribution < -0.4 is 0 Å². The quantitative estimate of drug-likeness (QED) is 0.261. The van der Waals surface area contributed by atoms with E-state index in [1.165, 1.54) is 0 Å². The second-order valence-corrected chi connectivity index (χ2v) is 4.72. The standard InChI is InChI=1S/C18H19NO3/c1-2-3-14-21-18(20)22-19-17(15-10-6-4-7-11-15)16-12-8-5-9-13-16/h4-13H,2-3,14H2,1H3. The van der Waals surface area contributed by atoms with Crippen molar-refractivity contribution >= 4 is 11.9 Å². The van der Waals surface area contributed by atoms with E-state index in [0.717, 1.165) is 24.0 Å². The third kappa shape index (κ3) is 4.74. The van der Waals surface area contributed by atoms with E-state index in [1.54, 1.807) is 0 Å². The molecule has 0 spiro atoms. The zero-order valence-electron chi connectivity index (χ0n) is 12.6. The number of nitrogens with zero attached hydrogens (tertiary/aromatic N) is 1. The maximum absolute atomic E-state index is 11.5. The Hall–Kier alpha value is -2.62. The summed E-state index contributed by atoms with van der Waals surface area (Å²) in [5.41, 5.74) is 2.33. The van der Waals surface area contributed by atoms with Crippen molar-refractivity contribution in [3.63, 3.8) is 0 Å². The largest absolute Gasteiger partial charge is 0.535 e. The van der Waals surface area contributed by atoms with Crippen molar-refractivity contribution in [1.29, 1.82) is 0 Å². The Morgan fingerprint density at radius 3 is 2.00 bits per heavy atom. The van der Waals surface area contributed by atoms with Crippen molar-refractivity contribution < 1.29 is 14.4 Å². The van der Waals surface area contributed by atoms with Crippen LogP contribution >= 0.6 is 0 Å². The molecular formula is C18H19NO3. The van der Waals surface area contributed by atoms with Gasteiger partial charge in [0.2, 0.25) is 0 Å². The summed E-state index contributed by atoms with van der Waals surface area (Å²) in [6.45, 7) is 2.37. The van der Waals surface area contributed by atoms with E-state index in [0.29, 0.717) is 12.3 Å². The van der Waals surface area contributed by atoms with Crippen LogP contribution in [0.4, 0.5) is 4.79 Å². The Morgan fingerprint density at radius 1 is 0.955 bits per heavy atom. The molecule has 0 aliphatic rings. The van der Waals surface area contributed by atoms with Crippen LogP contribution in [0.15, 0.2) is 65.8 Å². The van der Waals surface area contributed by atoms with Crippen LogP contribution in [0, 0.1) is 0 Å². The van der Waals surface area contributed by atoms with E-state index < -0.39 is 6.16 Å². The summed E-state index contributed by atoms with van der Waals surface area (Å²) in [5, 5.41) is 3.98. The number of oxime groups is 1. The third-order valence-corrected chi connectivity index (χ3v) is 3.02. The Labute approximate surface area is 130 Å². The molecule has 0 bridgehead atoms. The van der Waals surface area contributed by atoms with Gasteiger partial charge in [0.25, 0.3) is 0 Å². The van der Waals surface area contributed by atoms with E-state index >= 15 is 0 Å². The summed E-state index contributed by atoms with van der Waals surface area (Å²) in [4.78, 5) is 16.4. The Kier molecular flexibility index (Phi) is 6.18. The molecule has 22 heavy (non-hydrogen) atoms. The number of hydrogen-bond donors (Lipinski definition) is 0. The lowest BCUT2D eigenvalue weighted by atomic mass is 10.0. The number of carbonyl (C=O) groups is 1. The first kappa shape index (κ1) is 15.8. The van der Waals surface area contributed by atoms with E-state index in [4.69, 9.17) is 9.57 Å². The molecule has 0 aromatic heterocycles. The fourth-order valence-corrected chi connectivity index (χ4v) is 1.87. The molecule has 0 saturated carbocycles. The average molecular weight is 297 g/mol. The van der Waals surface area contributed by atoms with Gasteiger partial charge in [0.05, 0.1) is 6.61 Å². The lowest BCUT2D eigenvalue weighted by Gasteiger charge is -2.06. The van der Waals surface area contributed by atoms with Crippen molar-refractivity contribution in [3.05, 3.63) is 71.8 Å². The Morgan fingerprint density at radius 2 is 1.50 bits per heavy atom. The van der Waals surface area contributed by atoms with Crippen LogP contribution in [0.5, 0.6) is 0 Å². The predicted octanol–water partition coefficient (Wildman–Crippen LogP) is 4.39. The van der Waals surface area contributed by atoms with Crippen molar-refractivity contribution in [1.82, 2.24) is 0 Å². The zero-order chi connectivity index (χ0) is 15.6. The minimum Gasteiger partial charge on any atom is -0.433 e. The van der Waals surface area contributed by atoms with E-state index in [2.05, 4.69) is 5.16 Å². The van der Waals surface area contributed by atoms with Gasteiger partial charge >= 0.3 is 6.16 Å². The molecule has 0 fully saturated rings.